The van der Waals surface area contributed by atoms with Crippen molar-refractivity contribution in [3.05, 3.63) is 42.2 Å². The quantitative estimate of drug-likeness (QED) is 0.517. The van der Waals surface area contributed by atoms with Crippen molar-refractivity contribution in [1.29, 1.82) is 0 Å². The van der Waals surface area contributed by atoms with Crippen LogP contribution in [0.15, 0.2) is 36.4 Å². The maximum atomic E-state index is 12.9. The molecule has 31 heavy (non-hydrogen) atoms. The molecule has 6 nitrogen and oxygen atoms in total. The lowest BCUT2D eigenvalue weighted by Crippen LogP contribution is -2.38. The Labute approximate surface area is 185 Å². The lowest BCUT2D eigenvalue weighted by atomic mass is 9.97. The molecule has 0 unspecified atom stereocenters. The average molecular weight is 446 g/mol. The van der Waals surface area contributed by atoms with Gasteiger partial charge in [0.25, 0.3) is 0 Å². The summed E-state index contributed by atoms with van der Waals surface area (Å²) in [7, 11) is 3.28. The molecule has 1 aromatic heterocycles. The molecule has 0 aliphatic carbocycles. The number of hydrogen-bond acceptors (Lipinski definition) is 7. The Morgan fingerprint density at radius 3 is 2.52 bits per heavy atom. The summed E-state index contributed by atoms with van der Waals surface area (Å²) in [5, 5.41) is 4.45. The van der Waals surface area contributed by atoms with Gasteiger partial charge < -0.3 is 19.5 Å². The van der Waals surface area contributed by atoms with E-state index in [0.717, 1.165) is 60.1 Å². The first-order chi connectivity index (χ1) is 15.1. The largest absolute Gasteiger partial charge is 0.493 e. The Morgan fingerprint density at radius 2 is 1.81 bits per heavy atom. The van der Waals surface area contributed by atoms with Crippen molar-refractivity contribution >= 4 is 26.7 Å². The van der Waals surface area contributed by atoms with Crippen LogP contribution in [0.4, 0.5) is 9.52 Å². The molecule has 0 saturated carbocycles. The summed E-state index contributed by atoms with van der Waals surface area (Å²) in [5.41, 5.74) is 0.918. The lowest BCUT2D eigenvalue weighted by molar-refractivity contribution is 0.158. The summed E-state index contributed by atoms with van der Waals surface area (Å²) in [6.45, 7) is 4.56. The first-order valence-electron chi connectivity index (χ1n) is 10.5. The number of aromatic nitrogens is 1. The Bertz CT molecular complexity index is 947. The van der Waals surface area contributed by atoms with Crippen molar-refractivity contribution in [3.63, 3.8) is 0 Å². The summed E-state index contributed by atoms with van der Waals surface area (Å²) in [5.74, 6) is 2.52. The number of rotatable bonds is 9. The Balaban J connectivity index is 1.21. The summed E-state index contributed by atoms with van der Waals surface area (Å²) in [4.78, 5) is 7.12. The van der Waals surface area contributed by atoms with Crippen LogP contribution in [0.2, 0.25) is 0 Å². The fourth-order valence-corrected chi connectivity index (χ4v) is 4.68. The number of anilines is 1. The molecule has 0 atom stereocenters. The predicted octanol–water partition coefficient (Wildman–Crippen LogP) is 4.66. The summed E-state index contributed by atoms with van der Waals surface area (Å²) < 4.78 is 30.5. The smallest absolute Gasteiger partial charge is 0.183 e. The van der Waals surface area contributed by atoms with E-state index < -0.39 is 0 Å². The van der Waals surface area contributed by atoms with E-state index in [4.69, 9.17) is 19.2 Å². The van der Waals surface area contributed by atoms with Gasteiger partial charge in [-0.3, -0.25) is 4.90 Å². The fourth-order valence-electron chi connectivity index (χ4n) is 3.80. The number of halogens is 1. The molecule has 4 rings (SSSR count). The molecule has 0 spiro atoms. The van der Waals surface area contributed by atoms with Gasteiger partial charge >= 0.3 is 0 Å². The minimum Gasteiger partial charge on any atom is -0.493 e. The number of thiazole rings is 1. The Kier molecular flexibility index (Phi) is 7.09. The highest BCUT2D eigenvalue weighted by Gasteiger charge is 2.19. The van der Waals surface area contributed by atoms with E-state index in [2.05, 4.69) is 10.2 Å². The van der Waals surface area contributed by atoms with Gasteiger partial charge in [0, 0.05) is 25.2 Å². The van der Waals surface area contributed by atoms with E-state index in [9.17, 15) is 4.39 Å². The van der Waals surface area contributed by atoms with Gasteiger partial charge in [0.15, 0.2) is 16.6 Å². The van der Waals surface area contributed by atoms with Crippen LogP contribution in [0.1, 0.15) is 12.8 Å². The van der Waals surface area contributed by atoms with Gasteiger partial charge in [-0.05, 0) is 56.1 Å². The highest BCUT2D eigenvalue weighted by atomic mass is 32.1. The van der Waals surface area contributed by atoms with E-state index in [1.807, 2.05) is 12.1 Å². The van der Waals surface area contributed by atoms with Crippen LogP contribution in [0, 0.1) is 11.7 Å². The van der Waals surface area contributed by atoms with Crippen LogP contribution < -0.4 is 19.5 Å². The minimum absolute atomic E-state index is 0.242. The lowest BCUT2D eigenvalue weighted by Gasteiger charge is -2.31. The standard InChI is InChI=1S/C23H28FN3O3S/c1-28-20-13-19-22(14-21(20)29-2)31-23(26-19)25-15-16-7-9-27(10-8-16)11-12-30-18-5-3-17(24)4-6-18/h3-6,13-14,16H,7-12,15H2,1-2H3,(H,25,26). The van der Waals surface area contributed by atoms with Crippen molar-refractivity contribution in [3.8, 4) is 17.2 Å². The number of nitrogens with zero attached hydrogens (tertiary/aromatic N) is 2. The zero-order valence-corrected chi connectivity index (χ0v) is 18.7. The normalized spacial score (nSPS) is 15.2. The van der Waals surface area contributed by atoms with Crippen molar-refractivity contribution in [2.45, 2.75) is 12.8 Å². The van der Waals surface area contributed by atoms with Crippen LogP contribution in [0.5, 0.6) is 17.2 Å². The van der Waals surface area contributed by atoms with Gasteiger partial charge in [-0.15, -0.1) is 0 Å². The van der Waals surface area contributed by atoms with Gasteiger partial charge in [0.05, 0.1) is 24.4 Å². The van der Waals surface area contributed by atoms with Gasteiger partial charge in [0.2, 0.25) is 0 Å². The number of methoxy groups -OCH3 is 2. The zero-order valence-electron chi connectivity index (χ0n) is 17.9. The second kappa shape index (κ2) is 10.2. The van der Waals surface area contributed by atoms with Gasteiger partial charge in [-0.25, -0.2) is 9.37 Å². The van der Waals surface area contributed by atoms with Crippen molar-refractivity contribution in [1.82, 2.24) is 9.88 Å². The average Bonchev–Trinajstić information content (AvgIpc) is 3.20. The molecule has 0 amide bonds. The van der Waals surface area contributed by atoms with Gasteiger partial charge in [-0.1, -0.05) is 11.3 Å². The molecule has 1 N–H and O–H groups in total. The molecule has 3 aromatic rings. The van der Waals surface area contributed by atoms with E-state index >= 15 is 0 Å². The highest BCUT2D eigenvalue weighted by molar-refractivity contribution is 7.22. The van der Waals surface area contributed by atoms with Crippen molar-refractivity contribution in [2.24, 2.45) is 5.92 Å². The third-order valence-corrected chi connectivity index (χ3v) is 6.61. The molecular weight excluding hydrogens is 417 g/mol. The van der Waals surface area contributed by atoms with Crippen LogP contribution in [0.25, 0.3) is 10.2 Å². The summed E-state index contributed by atoms with van der Waals surface area (Å²) in [6, 6.07) is 10.1. The van der Waals surface area contributed by atoms with Crippen molar-refractivity contribution < 1.29 is 18.6 Å². The second-order valence-corrected chi connectivity index (χ2v) is 8.69. The Morgan fingerprint density at radius 1 is 1.10 bits per heavy atom. The number of fused-ring (bicyclic) bond motifs is 1. The third-order valence-electron chi connectivity index (χ3n) is 5.63. The number of nitrogens with one attached hydrogen (secondary N) is 1. The molecular formula is C23H28FN3O3S. The van der Waals surface area contributed by atoms with Crippen LogP contribution >= 0.6 is 11.3 Å². The second-order valence-electron chi connectivity index (χ2n) is 7.66. The maximum absolute atomic E-state index is 12.9. The van der Waals surface area contributed by atoms with E-state index in [1.165, 1.54) is 12.1 Å². The van der Waals surface area contributed by atoms with Gasteiger partial charge in [0.1, 0.15) is 18.2 Å². The number of likely N-dealkylation sites (tertiary alicyclic amines) is 1. The minimum atomic E-state index is -0.242. The predicted molar refractivity (Wildman–Crippen MR) is 122 cm³/mol. The molecule has 0 bridgehead atoms. The molecule has 2 heterocycles. The number of hydrogen-bond donors (Lipinski definition) is 1. The molecule has 2 aromatic carbocycles. The number of benzene rings is 2. The molecule has 1 saturated heterocycles. The van der Waals surface area contributed by atoms with Crippen LogP contribution in [0.3, 0.4) is 0 Å². The van der Waals surface area contributed by atoms with Crippen LogP contribution in [-0.2, 0) is 0 Å². The molecule has 1 aliphatic rings. The fraction of sp³-hybridized carbons (Fsp3) is 0.435. The van der Waals surface area contributed by atoms with E-state index in [-0.39, 0.29) is 5.82 Å². The van der Waals surface area contributed by atoms with Crippen LogP contribution in [-0.4, -0.2) is 56.9 Å². The molecule has 8 heteroatoms. The highest BCUT2D eigenvalue weighted by Crippen LogP contribution is 2.36. The first kappa shape index (κ1) is 21.6. The number of piperidine rings is 1. The summed E-state index contributed by atoms with van der Waals surface area (Å²) >= 11 is 1.64. The molecule has 1 aliphatic heterocycles. The monoisotopic (exact) mass is 445 g/mol. The van der Waals surface area contributed by atoms with Gasteiger partial charge in [-0.2, -0.15) is 0 Å². The zero-order chi connectivity index (χ0) is 21.6. The summed E-state index contributed by atoms with van der Waals surface area (Å²) in [6.07, 6.45) is 2.30. The molecule has 0 radical (unpaired) electrons. The third kappa shape index (κ3) is 5.57. The maximum Gasteiger partial charge on any atom is 0.183 e. The van der Waals surface area contributed by atoms with E-state index in [1.54, 1.807) is 37.7 Å². The van der Waals surface area contributed by atoms with E-state index in [0.29, 0.717) is 24.0 Å². The molecule has 1 fully saturated rings. The topological polar surface area (TPSA) is 55.9 Å². The number of ether oxygens (including phenoxy) is 3. The first-order valence-corrected chi connectivity index (χ1v) is 11.3. The SMILES string of the molecule is COc1cc2nc(NCC3CCN(CCOc4ccc(F)cc4)CC3)sc2cc1OC. The molecule has 166 valence electrons. The Hall–Kier alpha value is -2.58. The van der Waals surface area contributed by atoms with Crippen molar-refractivity contribution in [2.75, 3.05) is 52.3 Å².